The molecular formula is C14H13ClN2O4S. The zero-order valence-corrected chi connectivity index (χ0v) is 13.2. The summed E-state index contributed by atoms with van der Waals surface area (Å²) in [4.78, 5) is 10.0. The molecule has 0 atom stereocenters. The number of rotatable bonds is 5. The summed E-state index contributed by atoms with van der Waals surface area (Å²) >= 11 is 5.89. The number of halogens is 1. The van der Waals surface area contributed by atoms with E-state index in [2.05, 4.69) is 0 Å². The van der Waals surface area contributed by atoms with Crippen molar-refractivity contribution in [3.05, 3.63) is 63.7 Å². The lowest BCUT2D eigenvalue weighted by molar-refractivity contribution is -0.387. The molecular weight excluding hydrogens is 328 g/mol. The Kier molecular flexibility index (Phi) is 4.68. The van der Waals surface area contributed by atoms with E-state index < -0.39 is 20.6 Å². The largest absolute Gasteiger partial charge is 0.289 e. The van der Waals surface area contributed by atoms with Crippen molar-refractivity contribution < 1.29 is 13.3 Å². The minimum absolute atomic E-state index is 0.120. The predicted molar refractivity (Wildman–Crippen MR) is 84.8 cm³/mol. The van der Waals surface area contributed by atoms with Crippen LogP contribution in [0.2, 0.25) is 5.02 Å². The summed E-state index contributed by atoms with van der Waals surface area (Å²) in [6, 6.07) is 11.6. The summed E-state index contributed by atoms with van der Waals surface area (Å²) in [6.07, 6.45) is 0. The second-order valence-corrected chi connectivity index (χ2v) is 6.64. The number of nitro groups is 1. The number of hydrogen-bond acceptors (Lipinski definition) is 4. The van der Waals surface area contributed by atoms with Gasteiger partial charge in [-0.25, -0.2) is 8.42 Å². The van der Waals surface area contributed by atoms with Gasteiger partial charge in [0.2, 0.25) is 0 Å². The Morgan fingerprint density at radius 3 is 2.45 bits per heavy atom. The summed E-state index contributed by atoms with van der Waals surface area (Å²) in [5.74, 6) is 0. The van der Waals surface area contributed by atoms with Gasteiger partial charge < -0.3 is 0 Å². The summed E-state index contributed by atoms with van der Waals surface area (Å²) in [5, 5.41) is 11.5. The minimum atomic E-state index is -4.06. The quantitative estimate of drug-likeness (QED) is 0.616. The fraction of sp³-hybridized carbons (Fsp3) is 0.143. The molecule has 0 aliphatic rings. The third kappa shape index (κ3) is 3.05. The number of benzene rings is 2. The first kappa shape index (κ1) is 16.3. The Balaban J connectivity index is 2.60. The molecule has 8 heteroatoms. The Labute approximate surface area is 133 Å². The van der Waals surface area contributed by atoms with E-state index in [1.807, 2.05) is 0 Å². The number of hydrogen-bond donors (Lipinski definition) is 0. The van der Waals surface area contributed by atoms with Gasteiger partial charge >= 0.3 is 0 Å². The molecule has 2 aromatic carbocycles. The molecule has 6 nitrogen and oxygen atoms in total. The Morgan fingerprint density at radius 2 is 1.86 bits per heavy atom. The highest BCUT2D eigenvalue weighted by Gasteiger charge is 2.30. The third-order valence-corrected chi connectivity index (χ3v) is 5.20. The van der Waals surface area contributed by atoms with Crippen LogP contribution >= 0.6 is 11.6 Å². The van der Waals surface area contributed by atoms with Crippen molar-refractivity contribution >= 4 is 33.0 Å². The molecule has 0 unspecified atom stereocenters. The smallest absolute Gasteiger partial charge is 0.266 e. The van der Waals surface area contributed by atoms with E-state index in [0.29, 0.717) is 10.7 Å². The van der Waals surface area contributed by atoms with Crippen LogP contribution in [0.1, 0.15) is 6.92 Å². The molecule has 0 aliphatic carbocycles. The predicted octanol–water partition coefficient (Wildman–Crippen LogP) is 3.46. The van der Waals surface area contributed by atoms with Crippen LogP contribution in [0.4, 0.5) is 11.4 Å². The van der Waals surface area contributed by atoms with Crippen molar-refractivity contribution in [3.8, 4) is 0 Å². The first-order valence-corrected chi connectivity index (χ1v) is 8.21. The molecule has 0 amide bonds. The number of para-hydroxylation sites is 1. The summed E-state index contributed by atoms with van der Waals surface area (Å²) < 4.78 is 26.6. The molecule has 2 rings (SSSR count). The molecule has 0 aromatic heterocycles. The van der Waals surface area contributed by atoms with Crippen LogP contribution in [0.5, 0.6) is 0 Å². The normalized spacial score (nSPS) is 11.2. The lowest BCUT2D eigenvalue weighted by atomic mass is 10.3. The molecule has 0 N–H and O–H groups in total. The van der Waals surface area contributed by atoms with Gasteiger partial charge in [-0.2, -0.15) is 0 Å². The van der Waals surface area contributed by atoms with E-state index in [9.17, 15) is 18.5 Å². The van der Waals surface area contributed by atoms with Crippen molar-refractivity contribution in [2.24, 2.45) is 0 Å². The minimum Gasteiger partial charge on any atom is -0.266 e. The highest BCUT2D eigenvalue weighted by Crippen LogP contribution is 2.30. The van der Waals surface area contributed by atoms with Gasteiger partial charge in [0, 0.05) is 17.6 Å². The molecule has 0 aliphatic heterocycles. The van der Waals surface area contributed by atoms with Gasteiger partial charge in [0.15, 0.2) is 4.90 Å². The van der Waals surface area contributed by atoms with Gasteiger partial charge in [-0.05, 0) is 31.2 Å². The summed E-state index contributed by atoms with van der Waals surface area (Å²) in [7, 11) is -4.06. The number of nitrogens with zero attached hydrogens (tertiary/aromatic N) is 2. The number of anilines is 1. The summed E-state index contributed by atoms with van der Waals surface area (Å²) in [6.45, 7) is 1.77. The van der Waals surface area contributed by atoms with Crippen molar-refractivity contribution in [1.82, 2.24) is 0 Å². The van der Waals surface area contributed by atoms with Gasteiger partial charge in [-0.3, -0.25) is 14.4 Å². The van der Waals surface area contributed by atoms with Crippen LogP contribution in [0.15, 0.2) is 53.4 Å². The van der Waals surface area contributed by atoms with Crippen LogP contribution in [-0.2, 0) is 10.0 Å². The van der Waals surface area contributed by atoms with Crippen molar-refractivity contribution in [3.63, 3.8) is 0 Å². The zero-order chi connectivity index (χ0) is 16.3. The standard InChI is InChI=1S/C14H13ClN2O4S/c1-2-16(12-7-5-6-11(15)10-12)22(20,21)14-9-4-3-8-13(14)17(18)19/h3-10H,2H2,1H3. The van der Waals surface area contributed by atoms with E-state index in [1.54, 1.807) is 25.1 Å². The van der Waals surface area contributed by atoms with Crippen LogP contribution in [0, 0.1) is 10.1 Å². The van der Waals surface area contributed by atoms with Gasteiger partial charge in [0.05, 0.1) is 10.6 Å². The fourth-order valence-electron chi connectivity index (χ4n) is 2.07. The van der Waals surface area contributed by atoms with Gasteiger partial charge in [0.1, 0.15) is 0 Å². The zero-order valence-electron chi connectivity index (χ0n) is 11.6. The van der Waals surface area contributed by atoms with Gasteiger partial charge in [-0.15, -0.1) is 0 Å². The van der Waals surface area contributed by atoms with Crippen molar-refractivity contribution in [2.75, 3.05) is 10.8 Å². The SMILES string of the molecule is CCN(c1cccc(Cl)c1)S(=O)(=O)c1ccccc1[N+](=O)[O-]. The van der Waals surface area contributed by atoms with E-state index >= 15 is 0 Å². The Bertz CT molecular complexity index is 808. The topological polar surface area (TPSA) is 80.5 Å². The van der Waals surface area contributed by atoms with Crippen molar-refractivity contribution in [2.45, 2.75) is 11.8 Å². The second-order valence-electron chi connectivity index (χ2n) is 4.37. The number of nitro benzene ring substituents is 1. The highest BCUT2D eigenvalue weighted by atomic mass is 35.5. The molecule has 22 heavy (non-hydrogen) atoms. The maximum atomic E-state index is 12.8. The Morgan fingerprint density at radius 1 is 1.18 bits per heavy atom. The molecule has 0 fully saturated rings. The van der Waals surface area contributed by atoms with Gasteiger partial charge in [-0.1, -0.05) is 29.8 Å². The molecule has 0 saturated heterocycles. The second kappa shape index (κ2) is 6.33. The first-order valence-electron chi connectivity index (χ1n) is 6.39. The van der Waals surface area contributed by atoms with Crippen LogP contribution in [0.3, 0.4) is 0 Å². The van der Waals surface area contributed by atoms with E-state index in [-0.39, 0.29) is 11.4 Å². The molecule has 0 bridgehead atoms. The molecule has 116 valence electrons. The lowest BCUT2D eigenvalue weighted by Crippen LogP contribution is -2.31. The maximum Gasteiger partial charge on any atom is 0.289 e. The third-order valence-electron chi connectivity index (χ3n) is 3.01. The van der Waals surface area contributed by atoms with E-state index in [4.69, 9.17) is 11.6 Å². The molecule has 0 heterocycles. The average Bonchev–Trinajstić information content (AvgIpc) is 2.47. The Hall–Kier alpha value is -2.12. The van der Waals surface area contributed by atoms with Crippen LogP contribution in [-0.4, -0.2) is 19.9 Å². The maximum absolute atomic E-state index is 12.8. The van der Waals surface area contributed by atoms with Crippen LogP contribution < -0.4 is 4.31 Å². The lowest BCUT2D eigenvalue weighted by Gasteiger charge is -2.22. The van der Waals surface area contributed by atoms with Crippen molar-refractivity contribution in [1.29, 1.82) is 0 Å². The highest BCUT2D eigenvalue weighted by molar-refractivity contribution is 7.93. The first-order chi connectivity index (χ1) is 10.4. The van der Waals surface area contributed by atoms with Crippen LogP contribution in [0.25, 0.3) is 0 Å². The van der Waals surface area contributed by atoms with Gasteiger partial charge in [0.25, 0.3) is 15.7 Å². The number of sulfonamides is 1. The fourth-order valence-corrected chi connectivity index (χ4v) is 3.88. The monoisotopic (exact) mass is 340 g/mol. The van der Waals surface area contributed by atoms with E-state index in [1.165, 1.54) is 30.3 Å². The molecule has 0 saturated carbocycles. The van der Waals surface area contributed by atoms with E-state index in [0.717, 1.165) is 4.31 Å². The molecule has 0 radical (unpaired) electrons. The molecule has 2 aromatic rings. The average molecular weight is 341 g/mol. The molecule has 0 spiro atoms. The summed E-state index contributed by atoms with van der Waals surface area (Å²) in [5.41, 5.74) is -0.101.